The number of fused-ring (bicyclic) bond motifs is 1. The fourth-order valence-electron chi connectivity index (χ4n) is 2.18. The topological polar surface area (TPSA) is 15.3 Å². The Bertz CT molecular complexity index is 322. The second kappa shape index (κ2) is 4.67. The second-order valence-corrected chi connectivity index (χ2v) is 4.36. The normalized spacial score (nSPS) is 21.6. The Kier molecular flexibility index (Phi) is 3.27. The molecule has 1 atom stereocenters. The first-order chi connectivity index (χ1) is 7.31. The molecule has 0 saturated heterocycles. The first-order valence-electron chi connectivity index (χ1n) is 5.87. The third kappa shape index (κ3) is 2.32. The van der Waals surface area contributed by atoms with E-state index in [4.69, 9.17) is 0 Å². The number of benzene rings is 1. The van der Waals surface area contributed by atoms with Gasteiger partial charge in [0.15, 0.2) is 0 Å². The highest BCUT2D eigenvalue weighted by molar-refractivity contribution is 5.51. The van der Waals surface area contributed by atoms with Crippen LogP contribution in [0.5, 0.6) is 0 Å². The van der Waals surface area contributed by atoms with E-state index in [1.54, 1.807) is 0 Å². The Balaban J connectivity index is 2.19. The molecule has 2 rings (SSSR count). The molecule has 0 amide bonds. The van der Waals surface area contributed by atoms with Crippen LogP contribution in [0.15, 0.2) is 24.3 Å². The van der Waals surface area contributed by atoms with Crippen LogP contribution in [0.1, 0.15) is 25.8 Å². The molecule has 1 aromatic carbocycles. The molecule has 1 aliphatic heterocycles. The molecule has 0 radical (unpaired) electrons. The Morgan fingerprint density at radius 2 is 2.20 bits per heavy atom. The fraction of sp³-hybridized carbons (Fsp3) is 0.538. The van der Waals surface area contributed by atoms with E-state index in [2.05, 4.69) is 48.3 Å². The zero-order chi connectivity index (χ0) is 10.7. The molecule has 0 saturated carbocycles. The van der Waals surface area contributed by atoms with E-state index in [9.17, 15) is 0 Å². The maximum atomic E-state index is 3.52. The summed E-state index contributed by atoms with van der Waals surface area (Å²) in [5.74, 6) is 0. The highest BCUT2D eigenvalue weighted by Gasteiger charge is 2.18. The van der Waals surface area contributed by atoms with Gasteiger partial charge in [-0.1, -0.05) is 25.1 Å². The molecule has 1 heterocycles. The van der Waals surface area contributed by atoms with E-state index >= 15 is 0 Å². The molecule has 0 unspecified atom stereocenters. The first-order valence-corrected chi connectivity index (χ1v) is 5.87. The average molecular weight is 204 g/mol. The largest absolute Gasteiger partial charge is 0.383 e. The molecule has 0 fully saturated rings. The van der Waals surface area contributed by atoms with Crippen LogP contribution in [0.2, 0.25) is 0 Å². The van der Waals surface area contributed by atoms with Crippen LogP contribution in [0, 0.1) is 0 Å². The van der Waals surface area contributed by atoms with Crippen LogP contribution in [-0.4, -0.2) is 24.0 Å². The summed E-state index contributed by atoms with van der Waals surface area (Å²) < 4.78 is 0. The number of rotatable bonds is 2. The lowest BCUT2D eigenvalue weighted by Crippen LogP contribution is -2.35. The van der Waals surface area contributed by atoms with Gasteiger partial charge in [0, 0.05) is 24.8 Å². The lowest BCUT2D eigenvalue weighted by atomic mass is 10.1. The van der Waals surface area contributed by atoms with Gasteiger partial charge in [-0.3, -0.25) is 4.90 Å². The van der Waals surface area contributed by atoms with Crippen LogP contribution < -0.4 is 5.32 Å². The minimum absolute atomic E-state index is 0.623. The Labute approximate surface area is 92.3 Å². The van der Waals surface area contributed by atoms with Crippen molar-refractivity contribution >= 4 is 5.69 Å². The van der Waals surface area contributed by atoms with Gasteiger partial charge >= 0.3 is 0 Å². The summed E-state index contributed by atoms with van der Waals surface area (Å²) in [5, 5.41) is 3.52. The summed E-state index contributed by atoms with van der Waals surface area (Å²) in [6.45, 7) is 7.87. The molecule has 0 aliphatic carbocycles. The first kappa shape index (κ1) is 10.5. The summed E-state index contributed by atoms with van der Waals surface area (Å²) >= 11 is 0. The van der Waals surface area contributed by atoms with Gasteiger partial charge in [-0.25, -0.2) is 0 Å². The van der Waals surface area contributed by atoms with Gasteiger partial charge in [0.25, 0.3) is 0 Å². The Morgan fingerprint density at radius 1 is 1.40 bits per heavy atom. The smallest absolute Gasteiger partial charge is 0.0386 e. The van der Waals surface area contributed by atoms with Crippen LogP contribution in [0.25, 0.3) is 0 Å². The molecule has 0 bridgehead atoms. The molecule has 2 heteroatoms. The van der Waals surface area contributed by atoms with Gasteiger partial charge < -0.3 is 5.32 Å². The van der Waals surface area contributed by atoms with E-state index in [1.807, 2.05) is 0 Å². The predicted molar refractivity (Wildman–Crippen MR) is 65.1 cm³/mol. The van der Waals surface area contributed by atoms with E-state index < -0.39 is 0 Å². The zero-order valence-corrected chi connectivity index (χ0v) is 9.66. The third-order valence-electron chi connectivity index (χ3n) is 3.11. The molecule has 0 aromatic heterocycles. The number of para-hydroxylation sites is 1. The quantitative estimate of drug-likeness (QED) is 0.797. The van der Waals surface area contributed by atoms with Crippen molar-refractivity contribution in [2.45, 2.75) is 32.9 Å². The van der Waals surface area contributed by atoms with Crippen molar-refractivity contribution < 1.29 is 0 Å². The van der Waals surface area contributed by atoms with Gasteiger partial charge in [0.1, 0.15) is 0 Å². The Morgan fingerprint density at radius 3 is 3.00 bits per heavy atom. The van der Waals surface area contributed by atoms with Crippen molar-refractivity contribution in [3.05, 3.63) is 29.8 Å². The number of hydrogen-bond donors (Lipinski definition) is 1. The summed E-state index contributed by atoms with van der Waals surface area (Å²) in [4.78, 5) is 2.55. The molecule has 1 N–H and O–H groups in total. The lowest BCUT2D eigenvalue weighted by Gasteiger charge is -2.25. The van der Waals surface area contributed by atoms with Crippen LogP contribution in [0.4, 0.5) is 5.69 Å². The monoisotopic (exact) mass is 204 g/mol. The zero-order valence-electron chi connectivity index (χ0n) is 9.66. The summed E-state index contributed by atoms with van der Waals surface area (Å²) in [7, 11) is 0. The second-order valence-electron chi connectivity index (χ2n) is 4.36. The van der Waals surface area contributed by atoms with Crippen molar-refractivity contribution in [1.29, 1.82) is 0 Å². The number of anilines is 1. The summed E-state index contributed by atoms with van der Waals surface area (Å²) in [5.41, 5.74) is 2.73. The number of nitrogens with one attached hydrogen (secondary N) is 1. The third-order valence-corrected chi connectivity index (χ3v) is 3.11. The van der Waals surface area contributed by atoms with Gasteiger partial charge in [-0.2, -0.15) is 0 Å². The molecule has 2 nitrogen and oxygen atoms in total. The van der Waals surface area contributed by atoms with Crippen LogP contribution >= 0.6 is 0 Å². The SMILES string of the molecule is CCCN1Cc2ccccc2NC[C@H]1C. The number of nitrogens with zero attached hydrogens (tertiary/aromatic N) is 1. The average Bonchev–Trinajstić information content (AvgIpc) is 2.41. The molecule has 1 aromatic rings. The van der Waals surface area contributed by atoms with Crippen molar-refractivity contribution in [1.82, 2.24) is 4.90 Å². The van der Waals surface area contributed by atoms with Crippen LogP contribution in [0.3, 0.4) is 0 Å². The summed E-state index contributed by atoms with van der Waals surface area (Å²) in [6.07, 6.45) is 1.23. The highest BCUT2D eigenvalue weighted by atomic mass is 15.2. The van der Waals surface area contributed by atoms with Crippen molar-refractivity contribution in [2.75, 3.05) is 18.4 Å². The molecule has 0 spiro atoms. The molecular weight excluding hydrogens is 184 g/mol. The van der Waals surface area contributed by atoms with Gasteiger partial charge in [0.05, 0.1) is 0 Å². The van der Waals surface area contributed by atoms with Crippen LogP contribution in [-0.2, 0) is 6.54 Å². The van der Waals surface area contributed by atoms with Gasteiger partial charge in [-0.05, 0) is 31.5 Å². The minimum atomic E-state index is 0.623. The standard InChI is InChI=1S/C13H20N2/c1-3-8-15-10-12-6-4-5-7-13(12)14-9-11(15)2/h4-7,11,14H,3,8-10H2,1-2H3/t11-/m1/s1. The van der Waals surface area contributed by atoms with E-state index in [0.717, 1.165) is 13.1 Å². The van der Waals surface area contributed by atoms with Gasteiger partial charge in [-0.15, -0.1) is 0 Å². The highest BCUT2D eigenvalue weighted by Crippen LogP contribution is 2.21. The van der Waals surface area contributed by atoms with E-state index in [1.165, 1.54) is 24.2 Å². The van der Waals surface area contributed by atoms with Crippen molar-refractivity contribution in [3.8, 4) is 0 Å². The van der Waals surface area contributed by atoms with Gasteiger partial charge in [0.2, 0.25) is 0 Å². The maximum absolute atomic E-state index is 3.52. The van der Waals surface area contributed by atoms with Crippen molar-refractivity contribution in [3.63, 3.8) is 0 Å². The molecule has 82 valence electrons. The minimum Gasteiger partial charge on any atom is -0.383 e. The molecule has 1 aliphatic rings. The Hall–Kier alpha value is -1.02. The van der Waals surface area contributed by atoms with E-state index in [0.29, 0.717) is 6.04 Å². The molecule has 15 heavy (non-hydrogen) atoms. The fourth-order valence-corrected chi connectivity index (χ4v) is 2.18. The lowest BCUT2D eigenvalue weighted by molar-refractivity contribution is 0.212. The molecular formula is C13H20N2. The van der Waals surface area contributed by atoms with E-state index in [-0.39, 0.29) is 0 Å². The summed E-state index contributed by atoms with van der Waals surface area (Å²) in [6, 6.07) is 9.25. The number of hydrogen-bond acceptors (Lipinski definition) is 2. The maximum Gasteiger partial charge on any atom is 0.0386 e. The predicted octanol–water partition coefficient (Wildman–Crippen LogP) is 2.71. The van der Waals surface area contributed by atoms with Crippen molar-refractivity contribution in [2.24, 2.45) is 0 Å².